The molecular weight excluding hydrogens is 483 g/mol. The predicted octanol–water partition coefficient (Wildman–Crippen LogP) is 5.83. The highest BCUT2D eigenvalue weighted by atomic mass is 35.5. The lowest BCUT2D eigenvalue weighted by molar-refractivity contribution is -0.384. The molecule has 172 valence electrons. The van der Waals surface area contributed by atoms with Crippen molar-refractivity contribution in [1.82, 2.24) is 0 Å². The molecule has 3 aromatic carbocycles. The maximum atomic E-state index is 12.5. The van der Waals surface area contributed by atoms with Gasteiger partial charge in [-0.15, -0.1) is 0 Å². The molecule has 0 amide bonds. The molecule has 0 saturated carbocycles. The number of nitro benzene ring substituents is 1. The molecule has 3 aromatic rings. The summed E-state index contributed by atoms with van der Waals surface area (Å²) in [5.41, 5.74) is 1.46. The fourth-order valence-corrected chi connectivity index (χ4v) is 3.68. The summed E-state index contributed by atoms with van der Waals surface area (Å²) in [5.74, 6) is 0.112. The van der Waals surface area contributed by atoms with E-state index >= 15 is 0 Å². The number of benzene rings is 3. The van der Waals surface area contributed by atoms with Gasteiger partial charge in [0.15, 0.2) is 17.2 Å². The third-order valence-corrected chi connectivity index (χ3v) is 5.36. The van der Waals surface area contributed by atoms with Gasteiger partial charge in [-0.2, -0.15) is 0 Å². The normalized spacial score (nSPS) is 14.0. The van der Waals surface area contributed by atoms with E-state index in [2.05, 4.69) is 4.99 Å². The number of halogens is 2. The largest absolute Gasteiger partial charge is 0.493 e. The van der Waals surface area contributed by atoms with Crippen molar-refractivity contribution in [2.75, 3.05) is 7.11 Å². The van der Waals surface area contributed by atoms with E-state index in [1.54, 1.807) is 30.3 Å². The van der Waals surface area contributed by atoms with Crippen LogP contribution in [0.2, 0.25) is 10.0 Å². The van der Waals surface area contributed by atoms with Gasteiger partial charge in [0.1, 0.15) is 6.61 Å². The molecule has 1 aliphatic heterocycles. The van der Waals surface area contributed by atoms with Gasteiger partial charge in [-0.3, -0.25) is 10.1 Å². The predicted molar refractivity (Wildman–Crippen MR) is 127 cm³/mol. The molecule has 34 heavy (non-hydrogen) atoms. The summed E-state index contributed by atoms with van der Waals surface area (Å²) in [5, 5.41) is 11.6. The lowest BCUT2D eigenvalue weighted by atomic mass is 10.1. The van der Waals surface area contributed by atoms with Crippen LogP contribution in [0.3, 0.4) is 0 Å². The van der Waals surface area contributed by atoms with E-state index in [4.69, 9.17) is 37.4 Å². The van der Waals surface area contributed by atoms with E-state index in [1.807, 2.05) is 12.1 Å². The Morgan fingerprint density at radius 3 is 2.62 bits per heavy atom. The summed E-state index contributed by atoms with van der Waals surface area (Å²) < 4.78 is 16.7. The van der Waals surface area contributed by atoms with Crippen molar-refractivity contribution >= 4 is 46.8 Å². The Morgan fingerprint density at radius 1 is 1.12 bits per heavy atom. The van der Waals surface area contributed by atoms with Crippen LogP contribution < -0.4 is 9.47 Å². The molecule has 0 fully saturated rings. The van der Waals surface area contributed by atoms with Gasteiger partial charge in [0, 0.05) is 22.7 Å². The fourth-order valence-electron chi connectivity index (χ4n) is 3.21. The van der Waals surface area contributed by atoms with Crippen LogP contribution in [0.25, 0.3) is 6.08 Å². The summed E-state index contributed by atoms with van der Waals surface area (Å²) in [4.78, 5) is 27.1. The Balaban J connectivity index is 1.66. The molecule has 8 nitrogen and oxygen atoms in total. The van der Waals surface area contributed by atoms with Gasteiger partial charge in [0.25, 0.3) is 5.69 Å². The summed E-state index contributed by atoms with van der Waals surface area (Å²) in [6.07, 6.45) is 1.50. The molecule has 4 rings (SSSR count). The fraction of sp³-hybridized carbons (Fsp3) is 0.0833. The molecule has 10 heteroatoms. The van der Waals surface area contributed by atoms with Crippen molar-refractivity contribution < 1.29 is 23.9 Å². The zero-order valence-corrected chi connectivity index (χ0v) is 19.2. The van der Waals surface area contributed by atoms with E-state index in [0.29, 0.717) is 22.1 Å². The van der Waals surface area contributed by atoms with Crippen LogP contribution in [0, 0.1) is 10.1 Å². The average Bonchev–Trinajstić information content (AvgIpc) is 3.17. The summed E-state index contributed by atoms with van der Waals surface area (Å²) in [6.45, 7) is 0.217. The summed E-state index contributed by atoms with van der Waals surface area (Å²) >= 11 is 12.2. The third kappa shape index (κ3) is 5.03. The van der Waals surface area contributed by atoms with Crippen molar-refractivity contribution in [3.05, 3.63) is 103 Å². The molecule has 0 radical (unpaired) electrons. The van der Waals surface area contributed by atoms with Crippen LogP contribution in [-0.2, 0) is 16.1 Å². The van der Waals surface area contributed by atoms with E-state index in [9.17, 15) is 14.9 Å². The molecule has 1 aliphatic rings. The van der Waals surface area contributed by atoms with E-state index in [0.717, 1.165) is 5.56 Å². The lowest BCUT2D eigenvalue weighted by Gasteiger charge is -2.13. The van der Waals surface area contributed by atoms with Crippen LogP contribution in [0.1, 0.15) is 16.7 Å². The second-order valence-electron chi connectivity index (χ2n) is 7.05. The smallest absolute Gasteiger partial charge is 0.363 e. The Bertz CT molecular complexity index is 1350. The van der Waals surface area contributed by atoms with Gasteiger partial charge in [-0.25, -0.2) is 9.79 Å². The van der Waals surface area contributed by atoms with Crippen LogP contribution in [-0.4, -0.2) is 23.9 Å². The van der Waals surface area contributed by atoms with Crippen molar-refractivity contribution in [2.45, 2.75) is 6.61 Å². The third-order valence-electron chi connectivity index (χ3n) is 4.81. The molecule has 0 saturated heterocycles. The molecule has 0 unspecified atom stereocenters. The number of para-hydroxylation sites is 1. The first kappa shape index (κ1) is 23.3. The van der Waals surface area contributed by atoms with E-state index < -0.39 is 10.9 Å². The maximum absolute atomic E-state index is 12.5. The van der Waals surface area contributed by atoms with Gasteiger partial charge in [0.2, 0.25) is 5.90 Å². The van der Waals surface area contributed by atoms with E-state index in [1.165, 1.54) is 31.4 Å². The highest BCUT2D eigenvalue weighted by Crippen LogP contribution is 2.35. The summed E-state index contributed by atoms with van der Waals surface area (Å²) in [7, 11) is 1.51. The van der Waals surface area contributed by atoms with Gasteiger partial charge in [0.05, 0.1) is 22.6 Å². The average molecular weight is 499 g/mol. The number of nitro groups is 1. The van der Waals surface area contributed by atoms with Crippen molar-refractivity contribution in [1.29, 1.82) is 0 Å². The number of carbonyl (C=O) groups is 1. The zero-order chi connectivity index (χ0) is 24.2. The second-order valence-corrected chi connectivity index (χ2v) is 7.90. The van der Waals surface area contributed by atoms with Crippen LogP contribution in [0.5, 0.6) is 11.5 Å². The number of nitrogens with zero attached hydrogens (tertiary/aromatic N) is 2. The zero-order valence-electron chi connectivity index (χ0n) is 17.7. The monoisotopic (exact) mass is 498 g/mol. The first-order valence-corrected chi connectivity index (χ1v) is 10.6. The second kappa shape index (κ2) is 9.94. The molecule has 0 bridgehead atoms. The number of hydrogen-bond donors (Lipinski definition) is 0. The number of non-ortho nitro benzene ring substituents is 1. The number of aliphatic imine (C=N–C) groups is 1. The molecule has 1 heterocycles. The van der Waals surface area contributed by atoms with Crippen LogP contribution in [0.4, 0.5) is 5.69 Å². The minimum atomic E-state index is -0.701. The molecule has 0 N–H and O–H groups in total. The van der Waals surface area contributed by atoms with E-state index in [-0.39, 0.29) is 34.5 Å². The lowest BCUT2D eigenvalue weighted by Crippen LogP contribution is -2.06. The van der Waals surface area contributed by atoms with Crippen molar-refractivity contribution in [3.8, 4) is 11.5 Å². The standard InChI is InChI=1S/C24H16Cl2N2O6/c1-32-21-7-3-5-15(22(21)33-13-14-4-2-6-16(25)10-14)11-20-24(29)34-23(27-20)18-9-8-17(28(30)31)12-19(18)26/h2-12H,13H2,1H3/b20-11-. The van der Waals surface area contributed by atoms with Crippen molar-refractivity contribution in [3.63, 3.8) is 0 Å². The summed E-state index contributed by atoms with van der Waals surface area (Å²) in [6, 6.07) is 16.3. The number of carbonyl (C=O) groups excluding carboxylic acids is 1. The Hall–Kier alpha value is -3.88. The van der Waals surface area contributed by atoms with Gasteiger partial charge < -0.3 is 14.2 Å². The number of hydrogen-bond acceptors (Lipinski definition) is 7. The molecule has 0 atom stereocenters. The number of methoxy groups -OCH3 is 1. The highest BCUT2D eigenvalue weighted by Gasteiger charge is 2.27. The minimum Gasteiger partial charge on any atom is -0.493 e. The maximum Gasteiger partial charge on any atom is 0.363 e. The molecular formula is C24H16Cl2N2O6. The van der Waals surface area contributed by atoms with Gasteiger partial charge in [-0.05, 0) is 35.9 Å². The molecule has 0 aromatic heterocycles. The highest BCUT2D eigenvalue weighted by molar-refractivity contribution is 6.34. The first-order valence-electron chi connectivity index (χ1n) is 9.87. The Labute approximate surface area is 204 Å². The molecule has 0 aliphatic carbocycles. The number of esters is 1. The van der Waals surface area contributed by atoms with Gasteiger partial charge >= 0.3 is 5.97 Å². The number of cyclic esters (lactones) is 1. The Morgan fingerprint density at radius 2 is 1.91 bits per heavy atom. The van der Waals surface area contributed by atoms with Gasteiger partial charge in [-0.1, -0.05) is 47.5 Å². The first-order chi connectivity index (χ1) is 16.4. The number of rotatable bonds is 7. The Kier molecular flexibility index (Phi) is 6.81. The minimum absolute atomic E-state index is 0.00489. The quantitative estimate of drug-likeness (QED) is 0.175. The number of ether oxygens (including phenoxy) is 3. The topological polar surface area (TPSA) is 100 Å². The molecule has 0 spiro atoms. The SMILES string of the molecule is COc1cccc(/C=C2\N=C(c3ccc([N+](=O)[O-])cc3Cl)OC2=O)c1OCc1cccc(Cl)c1. The van der Waals surface area contributed by atoms with Crippen LogP contribution in [0.15, 0.2) is 71.4 Å². The van der Waals surface area contributed by atoms with Crippen LogP contribution >= 0.6 is 23.2 Å². The van der Waals surface area contributed by atoms with Crippen molar-refractivity contribution in [2.24, 2.45) is 4.99 Å².